The highest BCUT2D eigenvalue weighted by Gasteiger charge is 2.12. The molecule has 7 nitrogen and oxygen atoms in total. The molecule has 2 aromatic carbocycles. The molecule has 0 unspecified atom stereocenters. The lowest BCUT2D eigenvalue weighted by Gasteiger charge is -2.07. The van der Waals surface area contributed by atoms with Crippen molar-refractivity contribution in [2.24, 2.45) is 4.99 Å². The van der Waals surface area contributed by atoms with Crippen molar-refractivity contribution in [3.05, 3.63) is 71.8 Å². The van der Waals surface area contributed by atoms with Gasteiger partial charge < -0.3 is 5.32 Å². The van der Waals surface area contributed by atoms with Crippen LogP contribution in [0.3, 0.4) is 0 Å². The number of carbonyl (C=O) groups is 3. The molecule has 0 saturated heterocycles. The minimum Gasteiger partial charge on any atom is -0.355 e. The Kier molecular flexibility index (Phi) is 8.47. The van der Waals surface area contributed by atoms with Gasteiger partial charge in [-0.3, -0.25) is 19.6 Å². The first-order valence-corrected chi connectivity index (χ1v) is 9.12. The number of hydrogen-bond acceptors (Lipinski definition) is 4. The third-order valence-corrected chi connectivity index (χ3v) is 4.18. The SMILES string of the molecule is CNC(=O)c1ccccc1-c1ccccc1.O=C(CCC1=CCC=NC1=O)NO. The van der Waals surface area contributed by atoms with Crippen molar-refractivity contribution < 1.29 is 19.6 Å². The normalized spacial score (nSPS) is 12.3. The van der Waals surface area contributed by atoms with Gasteiger partial charge >= 0.3 is 0 Å². The Labute approximate surface area is 169 Å². The topological polar surface area (TPSA) is 108 Å². The van der Waals surface area contributed by atoms with E-state index in [0.717, 1.165) is 11.1 Å². The summed E-state index contributed by atoms with van der Waals surface area (Å²) in [5, 5.41) is 10.8. The van der Waals surface area contributed by atoms with Gasteiger partial charge in [0.15, 0.2) is 0 Å². The number of hydrogen-bond donors (Lipinski definition) is 3. The molecule has 29 heavy (non-hydrogen) atoms. The highest BCUT2D eigenvalue weighted by Crippen LogP contribution is 2.23. The van der Waals surface area contributed by atoms with Crippen LogP contribution in [0.4, 0.5) is 0 Å². The number of amides is 3. The number of nitrogens with zero attached hydrogens (tertiary/aromatic N) is 1. The quantitative estimate of drug-likeness (QED) is 0.536. The molecule has 0 bridgehead atoms. The summed E-state index contributed by atoms with van der Waals surface area (Å²) < 4.78 is 0. The Morgan fingerprint density at radius 1 is 1.07 bits per heavy atom. The molecule has 1 aliphatic rings. The molecule has 3 N–H and O–H groups in total. The fraction of sp³-hybridized carbons (Fsp3) is 0.182. The third-order valence-electron chi connectivity index (χ3n) is 4.18. The Morgan fingerprint density at radius 3 is 2.41 bits per heavy atom. The maximum Gasteiger partial charge on any atom is 0.272 e. The number of carbonyl (C=O) groups excluding carboxylic acids is 3. The monoisotopic (exact) mass is 393 g/mol. The summed E-state index contributed by atoms with van der Waals surface area (Å²) in [5.74, 6) is -0.848. The van der Waals surface area contributed by atoms with E-state index in [-0.39, 0.29) is 18.2 Å². The minimum absolute atomic E-state index is 0.0561. The molecule has 2 aromatic rings. The van der Waals surface area contributed by atoms with Crippen molar-refractivity contribution in [3.8, 4) is 11.1 Å². The molecule has 0 fully saturated rings. The standard InChI is InChI=1S/C14H13NO.C8H10N2O3/c1-15-14(16)13-10-6-5-9-12(13)11-7-3-2-4-8-11;11-7(10-13)4-3-6-2-1-5-9-8(6)12/h2-10H,1H3,(H,15,16);2,5,13H,1,3-4H2,(H,10,11). The van der Waals surface area contributed by atoms with Crippen LogP contribution in [-0.2, 0) is 9.59 Å². The highest BCUT2D eigenvalue weighted by molar-refractivity contribution is 6.01. The van der Waals surface area contributed by atoms with Gasteiger partial charge in [0.2, 0.25) is 5.91 Å². The molecule has 0 radical (unpaired) electrons. The predicted octanol–water partition coefficient (Wildman–Crippen LogP) is 2.91. The van der Waals surface area contributed by atoms with Gasteiger partial charge in [-0.2, -0.15) is 0 Å². The Bertz CT molecular complexity index is 921. The number of hydroxylamine groups is 1. The van der Waals surface area contributed by atoms with Crippen LogP contribution in [0.2, 0.25) is 0 Å². The third kappa shape index (κ3) is 6.51. The van der Waals surface area contributed by atoms with E-state index in [9.17, 15) is 14.4 Å². The van der Waals surface area contributed by atoms with Gasteiger partial charge in [0.05, 0.1) is 0 Å². The van der Waals surface area contributed by atoms with Gasteiger partial charge in [-0.05, 0) is 23.6 Å². The second kappa shape index (κ2) is 11.3. The molecule has 0 aromatic heterocycles. The minimum atomic E-state index is -0.497. The van der Waals surface area contributed by atoms with Crippen molar-refractivity contribution in [3.63, 3.8) is 0 Å². The average Bonchev–Trinajstić information content (AvgIpc) is 2.78. The van der Waals surface area contributed by atoms with Crippen molar-refractivity contribution in [2.75, 3.05) is 7.05 Å². The fourth-order valence-corrected chi connectivity index (χ4v) is 2.70. The number of nitrogens with one attached hydrogen (secondary N) is 2. The van der Waals surface area contributed by atoms with Crippen LogP contribution in [-0.4, -0.2) is 36.2 Å². The van der Waals surface area contributed by atoms with Gasteiger partial charge in [-0.1, -0.05) is 54.6 Å². The molecule has 7 heteroatoms. The number of aliphatic imine (C=N–C) groups is 1. The van der Waals surface area contributed by atoms with Crippen LogP contribution in [0.15, 0.2) is 71.2 Å². The van der Waals surface area contributed by atoms with E-state index in [1.54, 1.807) is 13.1 Å². The summed E-state index contributed by atoms with van der Waals surface area (Å²) in [4.78, 5) is 36.9. The fourth-order valence-electron chi connectivity index (χ4n) is 2.70. The van der Waals surface area contributed by atoms with Crippen LogP contribution in [0.5, 0.6) is 0 Å². The molecule has 0 aliphatic carbocycles. The van der Waals surface area contributed by atoms with Gasteiger partial charge in [0, 0.05) is 37.2 Å². The molecule has 3 rings (SSSR count). The van der Waals surface area contributed by atoms with Crippen LogP contribution < -0.4 is 10.8 Å². The maximum atomic E-state index is 11.7. The summed E-state index contributed by atoms with van der Waals surface area (Å²) in [6.07, 6.45) is 4.31. The zero-order valence-electron chi connectivity index (χ0n) is 16.1. The van der Waals surface area contributed by atoms with Gasteiger partial charge in [-0.25, -0.2) is 10.5 Å². The van der Waals surface area contributed by atoms with Crippen LogP contribution >= 0.6 is 0 Å². The van der Waals surface area contributed by atoms with Crippen molar-refractivity contribution >= 4 is 23.9 Å². The molecule has 0 spiro atoms. The lowest BCUT2D eigenvalue weighted by Crippen LogP contribution is -2.19. The lowest BCUT2D eigenvalue weighted by molar-refractivity contribution is -0.129. The average molecular weight is 393 g/mol. The lowest BCUT2D eigenvalue weighted by atomic mass is 9.99. The first-order valence-electron chi connectivity index (χ1n) is 9.12. The molecule has 150 valence electrons. The number of allylic oxidation sites excluding steroid dienone is 1. The van der Waals surface area contributed by atoms with Crippen molar-refractivity contribution in [1.82, 2.24) is 10.8 Å². The van der Waals surface area contributed by atoms with Crippen molar-refractivity contribution in [1.29, 1.82) is 0 Å². The Hall–Kier alpha value is -3.58. The molecule has 0 atom stereocenters. The second-order valence-electron chi connectivity index (χ2n) is 6.11. The van der Waals surface area contributed by atoms with E-state index < -0.39 is 5.91 Å². The predicted molar refractivity (Wildman–Crippen MR) is 111 cm³/mol. The van der Waals surface area contributed by atoms with E-state index in [1.165, 1.54) is 11.7 Å². The largest absolute Gasteiger partial charge is 0.355 e. The summed E-state index contributed by atoms with van der Waals surface area (Å²) in [5.41, 5.74) is 4.76. The summed E-state index contributed by atoms with van der Waals surface area (Å²) in [7, 11) is 1.64. The van der Waals surface area contributed by atoms with E-state index >= 15 is 0 Å². The number of rotatable bonds is 5. The smallest absolute Gasteiger partial charge is 0.272 e. The number of dihydropyridines is 1. The first-order chi connectivity index (χ1) is 14.1. The molecule has 1 aliphatic heterocycles. The summed E-state index contributed by atoms with van der Waals surface area (Å²) >= 11 is 0. The molecular formula is C22H23N3O4. The molecule has 0 saturated carbocycles. The van der Waals surface area contributed by atoms with E-state index in [2.05, 4.69) is 10.3 Å². The summed E-state index contributed by atoms with van der Waals surface area (Å²) in [6.45, 7) is 0. The van der Waals surface area contributed by atoms with Crippen LogP contribution in [0.1, 0.15) is 29.6 Å². The van der Waals surface area contributed by atoms with E-state index in [1.807, 2.05) is 54.6 Å². The molecule has 1 heterocycles. The van der Waals surface area contributed by atoms with Gasteiger partial charge in [0.1, 0.15) is 0 Å². The van der Waals surface area contributed by atoms with Crippen LogP contribution in [0, 0.1) is 0 Å². The van der Waals surface area contributed by atoms with E-state index in [0.29, 0.717) is 24.0 Å². The first kappa shape index (κ1) is 21.7. The second-order valence-corrected chi connectivity index (χ2v) is 6.11. The Balaban J connectivity index is 0.000000212. The maximum absolute atomic E-state index is 11.7. The number of benzene rings is 2. The molecular weight excluding hydrogens is 370 g/mol. The Morgan fingerprint density at radius 2 is 1.76 bits per heavy atom. The van der Waals surface area contributed by atoms with Crippen LogP contribution in [0.25, 0.3) is 11.1 Å². The highest BCUT2D eigenvalue weighted by atomic mass is 16.5. The van der Waals surface area contributed by atoms with Gasteiger partial charge in [0.25, 0.3) is 11.8 Å². The van der Waals surface area contributed by atoms with Crippen molar-refractivity contribution in [2.45, 2.75) is 19.3 Å². The zero-order chi connectivity index (χ0) is 21.1. The molecule has 3 amide bonds. The summed E-state index contributed by atoms with van der Waals surface area (Å²) in [6, 6.07) is 17.5. The zero-order valence-corrected chi connectivity index (χ0v) is 16.1. The van der Waals surface area contributed by atoms with Gasteiger partial charge in [-0.15, -0.1) is 0 Å². The van der Waals surface area contributed by atoms with E-state index in [4.69, 9.17) is 5.21 Å².